The lowest BCUT2D eigenvalue weighted by Gasteiger charge is -2.37. The monoisotopic (exact) mass is 289 g/mol. The van der Waals surface area contributed by atoms with Crippen LogP contribution in [0.1, 0.15) is 64.6 Å². The Morgan fingerprint density at radius 3 is 2.45 bits per heavy atom. The van der Waals surface area contributed by atoms with Gasteiger partial charge in [0.2, 0.25) is 0 Å². The van der Waals surface area contributed by atoms with Gasteiger partial charge in [-0.1, -0.05) is 46.8 Å². The number of hydrogen-bond acceptors (Lipinski definition) is 2. The van der Waals surface area contributed by atoms with E-state index in [9.17, 15) is 0 Å². The van der Waals surface area contributed by atoms with Gasteiger partial charge in [-0.3, -0.25) is 0 Å². The van der Waals surface area contributed by atoms with E-state index in [1.165, 1.54) is 23.3 Å². The van der Waals surface area contributed by atoms with E-state index >= 15 is 0 Å². The van der Waals surface area contributed by atoms with Gasteiger partial charge in [0.1, 0.15) is 0 Å². The average molecular weight is 289 g/mol. The summed E-state index contributed by atoms with van der Waals surface area (Å²) in [6.07, 6.45) is 2.72. The van der Waals surface area contributed by atoms with E-state index in [1.54, 1.807) is 5.56 Å². The molecule has 2 aliphatic rings. The maximum atomic E-state index is 3.89. The Hall–Kier alpha value is -0.470. The summed E-state index contributed by atoms with van der Waals surface area (Å²) in [7, 11) is 0. The SMILES string of the molecule is CC1Sc2ccc(C(C)(C)C)cc2C(NC2CC2)C1C. The Kier molecular flexibility index (Phi) is 3.66. The Bertz CT molecular complexity index is 499. The molecule has 3 atom stereocenters. The van der Waals surface area contributed by atoms with Crippen molar-refractivity contribution in [1.29, 1.82) is 0 Å². The molecule has 1 aliphatic heterocycles. The molecule has 0 saturated heterocycles. The normalized spacial score (nSPS) is 30.1. The van der Waals surface area contributed by atoms with Crippen molar-refractivity contribution in [3.63, 3.8) is 0 Å². The fourth-order valence-electron chi connectivity index (χ4n) is 2.97. The molecule has 1 aromatic carbocycles. The molecule has 3 rings (SSSR count). The summed E-state index contributed by atoms with van der Waals surface area (Å²) in [4.78, 5) is 1.49. The smallest absolute Gasteiger partial charge is 0.0370 e. The van der Waals surface area contributed by atoms with E-state index in [2.05, 4.69) is 69.9 Å². The lowest BCUT2D eigenvalue weighted by molar-refractivity contribution is 0.369. The number of fused-ring (bicyclic) bond motifs is 1. The maximum Gasteiger partial charge on any atom is 0.0370 e. The second kappa shape index (κ2) is 5.06. The summed E-state index contributed by atoms with van der Waals surface area (Å²) in [6.45, 7) is 11.7. The van der Waals surface area contributed by atoms with Gasteiger partial charge in [0, 0.05) is 22.2 Å². The molecule has 1 aromatic rings. The molecule has 20 heavy (non-hydrogen) atoms. The van der Waals surface area contributed by atoms with Crippen LogP contribution in [0.5, 0.6) is 0 Å². The fourth-order valence-corrected chi connectivity index (χ4v) is 4.21. The zero-order valence-electron chi connectivity index (χ0n) is 13.4. The van der Waals surface area contributed by atoms with Crippen LogP contribution in [0.15, 0.2) is 23.1 Å². The number of rotatable bonds is 2. The molecule has 1 saturated carbocycles. The van der Waals surface area contributed by atoms with E-state index < -0.39 is 0 Å². The molecule has 1 aliphatic carbocycles. The number of nitrogens with one attached hydrogen (secondary N) is 1. The van der Waals surface area contributed by atoms with Gasteiger partial charge >= 0.3 is 0 Å². The van der Waals surface area contributed by atoms with Crippen LogP contribution in [0.2, 0.25) is 0 Å². The molecule has 0 amide bonds. The van der Waals surface area contributed by atoms with Gasteiger partial charge in [-0.05, 0) is 41.4 Å². The molecule has 0 bridgehead atoms. The minimum Gasteiger partial charge on any atom is -0.307 e. The van der Waals surface area contributed by atoms with Crippen molar-refractivity contribution in [3.8, 4) is 0 Å². The van der Waals surface area contributed by atoms with E-state index in [1.807, 2.05) is 0 Å². The lowest BCUT2D eigenvalue weighted by atomic mass is 9.83. The highest BCUT2D eigenvalue weighted by atomic mass is 32.2. The molecule has 0 aromatic heterocycles. The molecular formula is C18H27NS. The fraction of sp³-hybridized carbons (Fsp3) is 0.667. The van der Waals surface area contributed by atoms with Crippen LogP contribution in [0.25, 0.3) is 0 Å². The highest BCUT2D eigenvalue weighted by Gasteiger charge is 2.36. The van der Waals surface area contributed by atoms with E-state index in [0.29, 0.717) is 17.2 Å². The second-order valence-electron chi connectivity index (χ2n) is 7.60. The van der Waals surface area contributed by atoms with Crippen molar-refractivity contribution in [3.05, 3.63) is 29.3 Å². The third-order valence-corrected chi connectivity index (χ3v) is 6.21. The van der Waals surface area contributed by atoms with Crippen molar-refractivity contribution >= 4 is 11.8 Å². The third kappa shape index (κ3) is 2.78. The second-order valence-corrected chi connectivity index (χ2v) is 9.02. The number of hydrogen-bond donors (Lipinski definition) is 1. The van der Waals surface area contributed by atoms with Crippen molar-refractivity contribution < 1.29 is 0 Å². The summed E-state index contributed by atoms with van der Waals surface area (Å²) >= 11 is 2.05. The highest BCUT2D eigenvalue weighted by molar-refractivity contribution is 8.00. The van der Waals surface area contributed by atoms with E-state index in [-0.39, 0.29) is 5.41 Å². The first-order chi connectivity index (χ1) is 9.36. The van der Waals surface area contributed by atoms with Gasteiger partial charge in [0.15, 0.2) is 0 Å². The summed E-state index contributed by atoms with van der Waals surface area (Å²) < 4.78 is 0. The van der Waals surface area contributed by atoms with Gasteiger partial charge in [-0.2, -0.15) is 0 Å². The van der Waals surface area contributed by atoms with E-state index in [0.717, 1.165) is 6.04 Å². The van der Waals surface area contributed by atoms with Crippen LogP contribution in [-0.2, 0) is 5.41 Å². The molecule has 1 fully saturated rings. The Labute approximate surface area is 127 Å². The molecule has 1 N–H and O–H groups in total. The van der Waals surface area contributed by atoms with Crippen LogP contribution in [0, 0.1) is 5.92 Å². The summed E-state index contributed by atoms with van der Waals surface area (Å²) in [6, 6.07) is 8.44. The summed E-state index contributed by atoms with van der Waals surface area (Å²) in [5.74, 6) is 0.698. The predicted octanol–water partition coefficient (Wildman–Crippen LogP) is 4.91. The Morgan fingerprint density at radius 2 is 1.85 bits per heavy atom. The van der Waals surface area contributed by atoms with Gasteiger partial charge in [-0.25, -0.2) is 0 Å². The first kappa shape index (κ1) is 14.5. The molecule has 1 nitrogen and oxygen atoms in total. The standard InChI is InChI=1S/C18H27NS/c1-11-12(2)20-16-9-6-13(18(3,4)5)10-15(16)17(11)19-14-7-8-14/h6,9-12,14,17,19H,7-8H2,1-5H3. The van der Waals surface area contributed by atoms with E-state index in [4.69, 9.17) is 0 Å². The molecule has 2 heteroatoms. The van der Waals surface area contributed by atoms with Crippen molar-refractivity contribution in [2.45, 2.75) is 75.1 Å². The molecule has 3 unspecified atom stereocenters. The quantitative estimate of drug-likeness (QED) is 0.830. The van der Waals surface area contributed by atoms with Crippen molar-refractivity contribution in [2.75, 3.05) is 0 Å². The zero-order chi connectivity index (χ0) is 14.5. The number of benzene rings is 1. The van der Waals surface area contributed by atoms with Crippen LogP contribution < -0.4 is 5.32 Å². The molecule has 1 heterocycles. The van der Waals surface area contributed by atoms with Gasteiger partial charge < -0.3 is 5.32 Å². The minimum atomic E-state index is 0.232. The van der Waals surface area contributed by atoms with Crippen molar-refractivity contribution in [1.82, 2.24) is 5.32 Å². The Balaban J connectivity index is 1.99. The molecule has 0 spiro atoms. The van der Waals surface area contributed by atoms with Gasteiger partial charge in [0.25, 0.3) is 0 Å². The molecule has 0 radical (unpaired) electrons. The highest BCUT2D eigenvalue weighted by Crippen LogP contribution is 2.46. The maximum absolute atomic E-state index is 3.89. The largest absolute Gasteiger partial charge is 0.307 e. The Morgan fingerprint density at radius 1 is 1.15 bits per heavy atom. The first-order valence-corrected chi connectivity index (χ1v) is 8.81. The van der Waals surface area contributed by atoms with Crippen LogP contribution in [0.3, 0.4) is 0 Å². The van der Waals surface area contributed by atoms with Crippen LogP contribution in [0.4, 0.5) is 0 Å². The number of thioether (sulfide) groups is 1. The average Bonchev–Trinajstić information content (AvgIpc) is 3.17. The summed E-state index contributed by atoms with van der Waals surface area (Å²) in [5.41, 5.74) is 3.23. The predicted molar refractivity (Wildman–Crippen MR) is 88.5 cm³/mol. The summed E-state index contributed by atoms with van der Waals surface area (Å²) in [5, 5.41) is 4.59. The molecular weight excluding hydrogens is 262 g/mol. The van der Waals surface area contributed by atoms with Gasteiger partial charge in [0.05, 0.1) is 0 Å². The third-order valence-electron chi connectivity index (χ3n) is 4.78. The zero-order valence-corrected chi connectivity index (χ0v) is 14.2. The lowest BCUT2D eigenvalue weighted by Crippen LogP contribution is -2.36. The van der Waals surface area contributed by atoms with Gasteiger partial charge in [-0.15, -0.1) is 11.8 Å². The molecule has 110 valence electrons. The minimum absolute atomic E-state index is 0.232. The first-order valence-electron chi connectivity index (χ1n) is 7.93. The van der Waals surface area contributed by atoms with Crippen LogP contribution >= 0.6 is 11.8 Å². The van der Waals surface area contributed by atoms with Crippen LogP contribution in [-0.4, -0.2) is 11.3 Å². The topological polar surface area (TPSA) is 12.0 Å². The van der Waals surface area contributed by atoms with Crippen molar-refractivity contribution in [2.24, 2.45) is 5.92 Å².